The molecule has 0 spiro atoms. The Hall–Kier alpha value is -6.35. The van der Waals surface area contributed by atoms with Gasteiger partial charge in [-0.1, -0.05) is 54.3 Å². The van der Waals surface area contributed by atoms with Crippen LogP contribution in [0.2, 0.25) is 0 Å². The number of amides is 2. The summed E-state index contributed by atoms with van der Waals surface area (Å²) in [5, 5.41) is 12.4. The number of ether oxygens (including phenoxy) is 3. The maximum Gasteiger partial charge on any atom is 0.318 e. The highest BCUT2D eigenvalue weighted by molar-refractivity contribution is 6.40. The van der Waals surface area contributed by atoms with Gasteiger partial charge in [0.1, 0.15) is 17.3 Å². The first-order valence-electron chi connectivity index (χ1n) is 17.0. The summed E-state index contributed by atoms with van der Waals surface area (Å²) in [5.74, 6) is -0.424. The van der Waals surface area contributed by atoms with Crippen LogP contribution in [0.5, 0.6) is 11.5 Å². The number of aliphatic carboxylic acids is 1. The molecule has 12 nitrogen and oxygen atoms in total. The fourth-order valence-electron chi connectivity index (χ4n) is 5.74. The van der Waals surface area contributed by atoms with Gasteiger partial charge in [-0.25, -0.2) is 0 Å². The van der Waals surface area contributed by atoms with Crippen LogP contribution in [0.4, 0.5) is 5.69 Å². The van der Waals surface area contributed by atoms with Crippen molar-refractivity contribution in [3.8, 4) is 23.3 Å². The molecule has 0 radical (unpaired) electrons. The Morgan fingerprint density at radius 2 is 1.58 bits per heavy atom. The summed E-state index contributed by atoms with van der Waals surface area (Å²) < 4.78 is 22.5. The van der Waals surface area contributed by atoms with E-state index in [0.717, 1.165) is 0 Å². The van der Waals surface area contributed by atoms with E-state index in [2.05, 4.69) is 17.2 Å². The van der Waals surface area contributed by atoms with Gasteiger partial charge in [0.2, 0.25) is 12.6 Å². The number of nitrogens with one attached hydrogen (secondary N) is 1. The summed E-state index contributed by atoms with van der Waals surface area (Å²) in [6.07, 6.45) is -0.794. The molecule has 274 valence electrons. The van der Waals surface area contributed by atoms with Crippen LogP contribution in [-0.4, -0.2) is 64.5 Å². The van der Waals surface area contributed by atoms with Crippen molar-refractivity contribution in [2.45, 2.75) is 58.1 Å². The van der Waals surface area contributed by atoms with Gasteiger partial charge >= 0.3 is 11.9 Å². The summed E-state index contributed by atoms with van der Waals surface area (Å²) in [5.41, 5.74) is 0.894. The van der Waals surface area contributed by atoms with Gasteiger partial charge in [-0.05, 0) is 81.8 Å². The zero-order chi connectivity index (χ0) is 38.1. The van der Waals surface area contributed by atoms with Gasteiger partial charge in [-0.2, -0.15) is 0 Å². The van der Waals surface area contributed by atoms with E-state index in [0.29, 0.717) is 34.1 Å². The van der Waals surface area contributed by atoms with E-state index in [1.807, 2.05) is 24.3 Å². The van der Waals surface area contributed by atoms with Crippen LogP contribution >= 0.6 is 0 Å². The number of Topliss-reactive ketones (excluding diaryl/α,β-unsaturated/α-hetero) is 1. The van der Waals surface area contributed by atoms with Crippen LogP contribution in [0.25, 0.3) is 0 Å². The van der Waals surface area contributed by atoms with Crippen LogP contribution in [0.3, 0.4) is 0 Å². The Balaban J connectivity index is 1.51. The van der Waals surface area contributed by atoms with Gasteiger partial charge < -0.3 is 34.0 Å². The summed E-state index contributed by atoms with van der Waals surface area (Å²) in [6, 6.07) is 25.6. The molecule has 53 heavy (non-hydrogen) atoms. The number of anilines is 1. The third kappa shape index (κ3) is 10.1. The van der Waals surface area contributed by atoms with Gasteiger partial charge in [-0.3, -0.25) is 24.0 Å². The van der Waals surface area contributed by atoms with Gasteiger partial charge in [0.15, 0.2) is 17.3 Å². The first-order chi connectivity index (χ1) is 25.3. The summed E-state index contributed by atoms with van der Waals surface area (Å²) >= 11 is 0. The topological polar surface area (TPSA) is 162 Å². The molecule has 2 amide bonds. The normalized spacial score (nSPS) is 13.4. The van der Waals surface area contributed by atoms with E-state index >= 15 is 0 Å². The van der Waals surface area contributed by atoms with Gasteiger partial charge in [0.25, 0.3) is 11.8 Å². The Kier molecular flexibility index (Phi) is 12.0. The van der Waals surface area contributed by atoms with Gasteiger partial charge in [0, 0.05) is 29.6 Å². The van der Waals surface area contributed by atoms with E-state index in [-0.39, 0.29) is 25.5 Å². The van der Waals surface area contributed by atoms with Crippen molar-refractivity contribution >= 4 is 35.2 Å². The summed E-state index contributed by atoms with van der Waals surface area (Å²) in [6.45, 7) is 6.22. The molecule has 0 bridgehead atoms. The highest BCUT2D eigenvalue weighted by atomic mass is 16.7. The molecule has 3 atom stereocenters. The van der Waals surface area contributed by atoms with Crippen molar-refractivity contribution in [2.24, 2.45) is 5.92 Å². The van der Waals surface area contributed by atoms with Crippen molar-refractivity contribution < 1.29 is 47.7 Å². The number of carboxylic acids is 1. The molecule has 0 saturated carbocycles. The number of nitrogens with zero attached hydrogens (tertiary/aromatic N) is 1. The van der Waals surface area contributed by atoms with Crippen molar-refractivity contribution in [2.75, 3.05) is 18.7 Å². The number of carbonyl (C=O) groups is 5. The van der Waals surface area contributed by atoms with Crippen LogP contribution in [-0.2, 0) is 30.3 Å². The second-order valence-electron chi connectivity index (χ2n) is 13.4. The average Bonchev–Trinajstić information content (AvgIpc) is 3.80. The molecule has 4 aromatic rings. The Labute approximate surface area is 307 Å². The quantitative estimate of drug-likeness (QED) is 0.0741. The molecule has 0 saturated heterocycles. The molecule has 1 unspecified atom stereocenters. The number of esters is 1. The molecule has 0 aliphatic carbocycles. The lowest BCUT2D eigenvalue weighted by Gasteiger charge is -2.34. The molecule has 12 heteroatoms. The minimum absolute atomic E-state index is 0.0287. The van der Waals surface area contributed by atoms with Crippen LogP contribution in [0.15, 0.2) is 95.4 Å². The number of ketones is 1. The predicted octanol–water partition coefficient (Wildman–Crippen LogP) is 5.86. The average molecular weight is 721 g/mol. The van der Waals surface area contributed by atoms with Gasteiger partial charge in [0.05, 0.1) is 13.0 Å². The third-order valence-electron chi connectivity index (χ3n) is 8.35. The first-order valence-corrected chi connectivity index (χ1v) is 17.0. The second-order valence-corrected chi connectivity index (χ2v) is 13.4. The lowest BCUT2D eigenvalue weighted by atomic mass is 9.86. The number of carbonyl (C=O) groups excluding carboxylic acids is 4. The van der Waals surface area contributed by atoms with E-state index in [9.17, 15) is 29.1 Å². The Morgan fingerprint density at radius 3 is 2.26 bits per heavy atom. The number of hydrogen-bond donors (Lipinski definition) is 2. The maximum absolute atomic E-state index is 14.2. The number of fused-ring (bicyclic) bond motifs is 1. The highest BCUT2D eigenvalue weighted by Gasteiger charge is 2.41. The van der Waals surface area contributed by atoms with Crippen LogP contribution in [0, 0.1) is 17.8 Å². The van der Waals surface area contributed by atoms with E-state index in [4.69, 9.17) is 18.6 Å². The Bertz CT molecular complexity index is 2020. The first kappa shape index (κ1) is 37.9. The minimum Gasteiger partial charge on any atom is -0.481 e. The van der Waals surface area contributed by atoms with E-state index in [1.54, 1.807) is 94.4 Å². The molecule has 0 fully saturated rings. The van der Waals surface area contributed by atoms with Crippen molar-refractivity contribution in [1.29, 1.82) is 0 Å². The van der Waals surface area contributed by atoms with Gasteiger partial charge in [-0.15, -0.1) is 0 Å². The zero-order valence-corrected chi connectivity index (χ0v) is 29.8. The SMILES string of the molecule is C[C@H]([C@H](Cc1ccc(C(=O)Nc2ccccc2)o1)c1ccc2c(c1)OCO2)N(CC#Cc1ccccc1)C(=O)C(=O)C(CC(=O)O)C(=O)OC(C)(C)C. The van der Waals surface area contributed by atoms with Crippen molar-refractivity contribution in [3.05, 3.63) is 114 Å². The molecule has 1 aliphatic rings. The molecule has 5 rings (SSSR count). The number of para-hydroxylation sites is 1. The lowest BCUT2D eigenvalue weighted by Crippen LogP contribution is -2.49. The minimum atomic E-state index is -1.89. The molecule has 2 heterocycles. The van der Waals surface area contributed by atoms with Crippen LogP contribution < -0.4 is 14.8 Å². The molecular weight excluding hydrogens is 680 g/mol. The van der Waals surface area contributed by atoms with E-state index < -0.39 is 59.4 Å². The summed E-state index contributed by atoms with van der Waals surface area (Å²) in [7, 11) is 0. The number of furan rings is 1. The standard InChI is InChI=1S/C41H40N2O10/c1-26(43(21-11-14-27-12-7-5-8-13-27)39(48)37(46)32(24-36(44)45)40(49)53-41(2,3)4)31(28-17-19-33-35(22-28)51-25-50-33)23-30-18-20-34(52-30)38(47)42-29-15-9-6-10-16-29/h5-10,12-13,15-20,22,26,31-32H,21,23-25H2,1-4H3,(H,42,47)(H,44,45)/t26-,31+,32?/m1/s1. The Morgan fingerprint density at radius 1 is 0.906 bits per heavy atom. The summed E-state index contributed by atoms with van der Waals surface area (Å²) in [4.78, 5) is 67.3. The number of carboxylic acid groups (broad SMARTS) is 1. The monoisotopic (exact) mass is 720 g/mol. The molecule has 1 aliphatic heterocycles. The molecule has 3 aromatic carbocycles. The smallest absolute Gasteiger partial charge is 0.318 e. The van der Waals surface area contributed by atoms with Crippen LogP contribution in [0.1, 0.15) is 67.5 Å². The fourth-order valence-corrected chi connectivity index (χ4v) is 5.74. The van der Waals surface area contributed by atoms with Crippen molar-refractivity contribution in [1.82, 2.24) is 4.90 Å². The highest BCUT2D eigenvalue weighted by Crippen LogP contribution is 2.38. The number of benzene rings is 3. The fraction of sp³-hybridized carbons (Fsp3) is 0.293. The zero-order valence-electron chi connectivity index (χ0n) is 29.8. The largest absolute Gasteiger partial charge is 0.481 e. The number of rotatable bonds is 13. The molecular formula is C41H40N2O10. The van der Waals surface area contributed by atoms with E-state index in [1.165, 1.54) is 4.90 Å². The second kappa shape index (κ2) is 16.8. The third-order valence-corrected chi connectivity index (χ3v) is 8.35. The van der Waals surface area contributed by atoms with Crippen molar-refractivity contribution in [3.63, 3.8) is 0 Å². The predicted molar refractivity (Wildman–Crippen MR) is 193 cm³/mol. The molecule has 2 N–H and O–H groups in total. The maximum atomic E-state index is 14.2. The lowest BCUT2D eigenvalue weighted by molar-refractivity contribution is -0.167. The number of hydrogen-bond acceptors (Lipinski definition) is 9. The molecule has 1 aromatic heterocycles.